The highest BCUT2D eigenvalue weighted by Crippen LogP contribution is 2.13. The van der Waals surface area contributed by atoms with Gasteiger partial charge in [0.05, 0.1) is 4.92 Å². The number of carboxylic acid groups (broad SMARTS) is 1. The van der Waals surface area contributed by atoms with Crippen LogP contribution in [0, 0.1) is 10.1 Å². The summed E-state index contributed by atoms with van der Waals surface area (Å²) in [6, 6.07) is 6.96. The van der Waals surface area contributed by atoms with Crippen LogP contribution in [-0.4, -0.2) is 31.7 Å². The molecule has 2 rings (SSSR count). The molecule has 24 heavy (non-hydrogen) atoms. The zero-order valence-electron chi connectivity index (χ0n) is 12.7. The lowest BCUT2D eigenvalue weighted by molar-refractivity contribution is -0.385. The van der Waals surface area contributed by atoms with E-state index in [-0.39, 0.29) is 31.0 Å². The SMILES string of the molecule is O=C(O)CCc1cccc(NC(=O)CCn2cc([N+](=O)[O-])cn2)c1. The van der Waals surface area contributed by atoms with E-state index >= 15 is 0 Å². The molecule has 0 spiro atoms. The number of nitrogens with one attached hydrogen (secondary N) is 1. The summed E-state index contributed by atoms with van der Waals surface area (Å²) in [5.74, 6) is -1.14. The van der Waals surface area contributed by atoms with Crippen LogP contribution >= 0.6 is 0 Å². The number of benzene rings is 1. The van der Waals surface area contributed by atoms with E-state index in [1.807, 2.05) is 0 Å². The highest BCUT2D eigenvalue weighted by Gasteiger charge is 2.10. The zero-order valence-corrected chi connectivity index (χ0v) is 12.7. The van der Waals surface area contributed by atoms with Gasteiger partial charge >= 0.3 is 11.7 Å². The Hall–Kier alpha value is -3.23. The van der Waals surface area contributed by atoms with Crippen LogP contribution in [0.4, 0.5) is 11.4 Å². The van der Waals surface area contributed by atoms with Crippen LogP contribution < -0.4 is 5.32 Å². The van der Waals surface area contributed by atoms with Crippen LogP contribution in [0.2, 0.25) is 0 Å². The van der Waals surface area contributed by atoms with Crippen molar-refractivity contribution in [2.45, 2.75) is 25.8 Å². The van der Waals surface area contributed by atoms with Crippen LogP contribution in [0.15, 0.2) is 36.7 Å². The van der Waals surface area contributed by atoms with Crippen molar-refractivity contribution in [2.75, 3.05) is 5.32 Å². The molecule has 0 bridgehead atoms. The van der Waals surface area contributed by atoms with Crippen LogP contribution in [-0.2, 0) is 22.6 Å². The van der Waals surface area contributed by atoms with Crippen molar-refractivity contribution in [2.24, 2.45) is 0 Å². The van der Waals surface area contributed by atoms with Gasteiger partial charge in [-0.3, -0.25) is 24.4 Å². The summed E-state index contributed by atoms with van der Waals surface area (Å²) in [6.07, 6.45) is 2.91. The minimum Gasteiger partial charge on any atom is -0.481 e. The van der Waals surface area contributed by atoms with Gasteiger partial charge in [0.15, 0.2) is 0 Å². The molecule has 2 N–H and O–H groups in total. The Morgan fingerprint density at radius 3 is 2.79 bits per heavy atom. The molecule has 0 unspecified atom stereocenters. The number of nitro groups is 1. The smallest absolute Gasteiger partial charge is 0.306 e. The Kier molecular flexibility index (Phi) is 5.61. The van der Waals surface area contributed by atoms with Gasteiger partial charge in [-0.1, -0.05) is 12.1 Å². The van der Waals surface area contributed by atoms with E-state index in [2.05, 4.69) is 10.4 Å². The fraction of sp³-hybridized carbons (Fsp3) is 0.267. The van der Waals surface area contributed by atoms with Crippen molar-refractivity contribution in [3.63, 3.8) is 0 Å². The second kappa shape index (κ2) is 7.86. The second-order valence-electron chi connectivity index (χ2n) is 5.11. The molecule has 0 aliphatic carbocycles. The van der Waals surface area contributed by atoms with Crippen molar-refractivity contribution in [3.05, 3.63) is 52.3 Å². The van der Waals surface area contributed by atoms with Crippen molar-refractivity contribution in [1.29, 1.82) is 0 Å². The fourth-order valence-electron chi connectivity index (χ4n) is 2.06. The highest BCUT2D eigenvalue weighted by molar-refractivity contribution is 5.90. The van der Waals surface area contributed by atoms with Crippen molar-refractivity contribution >= 4 is 23.3 Å². The molecule has 0 aliphatic rings. The summed E-state index contributed by atoms with van der Waals surface area (Å²) < 4.78 is 1.33. The van der Waals surface area contributed by atoms with Gasteiger partial charge in [-0.2, -0.15) is 5.10 Å². The van der Waals surface area contributed by atoms with E-state index in [0.717, 1.165) is 11.8 Å². The number of carbonyl (C=O) groups is 2. The Morgan fingerprint density at radius 2 is 2.12 bits per heavy atom. The molecule has 2 aromatic rings. The summed E-state index contributed by atoms with van der Waals surface area (Å²) in [7, 11) is 0. The van der Waals surface area contributed by atoms with Gasteiger partial charge in [0.25, 0.3) is 0 Å². The average molecular weight is 332 g/mol. The number of rotatable bonds is 8. The number of aromatic nitrogens is 2. The molecule has 0 aliphatic heterocycles. The Balaban J connectivity index is 1.86. The summed E-state index contributed by atoms with van der Waals surface area (Å²) in [4.78, 5) is 32.5. The quantitative estimate of drug-likeness (QED) is 0.561. The largest absolute Gasteiger partial charge is 0.481 e. The lowest BCUT2D eigenvalue weighted by Gasteiger charge is -2.07. The predicted molar refractivity (Wildman–Crippen MR) is 84.5 cm³/mol. The minimum atomic E-state index is -0.877. The van der Waals surface area contributed by atoms with E-state index in [9.17, 15) is 19.7 Å². The Labute approximate surface area is 137 Å². The number of aryl methyl sites for hydroxylation is 2. The molecular formula is C15H16N4O5. The van der Waals surface area contributed by atoms with E-state index in [1.54, 1.807) is 24.3 Å². The number of amides is 1. The molecule has 0 atom stereocenters. The first-order valence-electron chi connectivity index (χ1n) is 7.21. The number of anilines is 1. The van der Waals surface area contributed by atoms with Gasteiger partial charge < -0.3 is 10.4 Å². The molecular weight excluding hydrogens is 316 g/mol. The Bertz CT molecular complexity index is 756. The number of carbonyl (C=O) groups excluding carboxylic acids is 1. The minimum absolute atomic E-state index is 0.0233. The maximum atomic E-state index is 11.9. The van der Waals surface area contributed by atoms with Gasteiger partial charge in [-0.25, -0.2) is 0 Å². The van der Waals surface area contributed by atoms with E-state index in [4.69, 9.17) is 5.11 Å². The molecule has 9 nitrogen and oxygen atoms in total. The first-order chi connectivity index (χ1) is 11.4. The molecule has 0 fully saturated rings. The van der Waals surface area contributed by atoms with Crippen molar-refractivity contribution < 1.29 is 19.6 Å². The predicted octanol–water partition coefficient (Wildman–Crippen LogP) is 1.84. The van der Waals surface area contributed by atoms with Crippen LogP contribution in [0.3, 0.4) is 0 Å². The van der Waals surface area contributed by atoms with Crippen molar-refractivity contribution in [3.8, 4) is 0 Å². The lowest BCUT2D eigenvalue weighted by atomic mass is 10.1. The third-order valence-corrected chi connectivity index (χ3v) is 3.24. The maximum absolute atomic E-state index is 11.9. The standard InChI is InChI=1S/C15H16N4O5/c20-14(6-7-18-10-13(9-16-18)19(23)24)17-12-3-1-2-11(8-12)4-5-15(21)22/h1-3,8-10H,4-7H2,(H,17,20)(H,21,22). The topological polar surface area (TPSA) is 127 Å². The molecule has 0 saturated carbocycles. The van der Waals surface area contributed by atoms with Gasteiger partial charge in [0.1, 0.15) is 12.4 Å². The van der Waals surface area contributed by atoms with Gasteiger partial charge in [-0.15, -0.1) is 0 Å². The third-order valence-electron chi connectivity index (χ3n) is 3.24. The zero-order chi connectivity index (χ0) is 17.5. The van der Waals surface area contributed by atoms with Gasteiger partial charge in [0.2, 0.25) is 5.91 Å². The summed E-state index contributed by atoms with van der Waals surface area (Å²) in [6.45, 7) is 0.221. The molecule has 1 aromatic carbocycles. The molecule has 1 amide bonds. The van der Waals surface area contributed by atoms with Crippen LogP contribution in [0.5, 0.6) is 0 Å². The molecule has 126 valence electrons. The number of aliphatic carboxylic acids is 1. The molecule has 0 saturated heterocycles. The summed E-state index contributed by atoms with van der Waals surface area (Å²) >= 11 is 0. The van der Waals surface area contributed by atoms with Crippen molar-refractivity contribution in [1.82, 2.24) is 9.78 Å². The van der Waals surface area contributed by atoms with E-state index < -0.39 is 10.9 Å². The van der Waals surface area contributed by atoms with Gasteiger partial charge in [-0.05, 0) is 24.1 Å². The number of carboxylic acids is 1. The lowest BCUT2D eigenvalue weighted by Crippen LogP contribution is -2.14. The molecule has 9 heteroatoms. The molecule has 1 aromatic heterocycles. The number of nitrogens with zero attached hydrogens (tertiary/aromatic N) is 3. The molecule has 0 radical (unpaired) electrons. The number of hydrogen-bond donors (Lipinski definition) is 2. The van der Waals surface area contributed by atoms with E-state index in [0.29, 0.717) is 12.1 Å². The second-order valence-corrected chi connectivity index (χ2v) is 5.11. The summed E-state index contributed by atoms with van der Waals surface area (Å²) in [5.41, 5.74) is 1.27. The molecule has 1 heterocycles. The van der Waals surface area contributed by atoms with E-state index in [1.165, 1.54) is 10.9 Å². The third kappa shape index (κ3) is 5.20. The normalized spacial score (nSPS) is 10.3. The first-order valence-corrected chi connectivity index (χ1v) is 7.21. The average Bonchev–Trinajstić information content (AvgIpc) is 3.01. The van der Waals surface area contributed by atoms with Gasteiger partial charge in [0, 0.05) is 25.1 Å². The fourth-order valence-corrected chi connectivity index (χ4v) is 2.06. The summed E-state index contributed by atoms with van der Waals surface area (Å²) in [5, 5.41) is 25.8. The first kappa shape index (κ1) is 17.1. The maximum Gasteiger partial charge on any atom is 0.306 e. The van der Waals surface area contributed by atoms with Crippen LogP contribution in [0.1, 0.15) is 18.4 Å². The van der Waals surface area contributed by atoms with Crippen LogP contribution in [0.25, 0.3) is 0 Å². The number of hydrogen-bond acceptors (Lipinski definition) is 5. The monoisotopic (exact) mass is 332 g/mol. The highest BCUT2D eigenvalue weighted by atomic mass is 16.6. The Morgan fingerprint density at radius 1 is 1.33 bits per heavy atom.